The van der Waals surface area contributed by atoms with Crippen molar-refractivity contribution >= 4 is 128 Å². The Hall–Kier alpha value is -9.92. The number of hydrogen-bond donors (Lipinski definition) is 10. The van der Waals surface area contributed by atoms with Gasteiger partial charge in [0.25, 0.3) is 0 Å². The van der Waals surface area contributed by atoms with Gasteiger partial charge in [-0.2, -0.15) is 10.5 Å². The molecule has 1 saturated heterocycles. The van der Waals surface area contributed by atoms with Gasteiger partial charge in [-0.15, -0.1) is 0 Å². The normalized spacial score (nSPS) is 24.3. The van der Waals surface area contributed by atoms with E-state index >= 15 is 0 Å². The summed E-state index contributed by atoms with van der Waals surface area (Å²) < 4.78 is 63.1. The molecule has 21 rings (SSSR count). The van der Waals surface area contributed by atoms with Gasteiger partial charge < -0.3 is 82.8 Å². The molecule has 5 aliphatic carbocycles. The SMILES string of the molecule is CCCCS(=O)(=O)CC1CC(C2=CB(O)Oc3cnc4[nH]ccc4c32)C1.COC1CCC(C2=CB(O)Oc3cnc4[nH]ccc4c32)CC1.N#CCC1CCC(C2=CB(O)Oc3cnc4[nH]ccc4c32)CC1.N#CCCC1CCC(C2=CB(O)Oc3cnc4[nH]ccc4c32)CC1.OB1C=C(C2CCC(N3CCOCC3)CC2)c2c(cnc3[nH]ccc23)O1. The zero-order chi connectivity index (χ0) is 83.3. The standard InChI is InChI=1S/C19H24BN3O3.C18H20BN3O2.C18H23BN2O4S.C17H18BN3O2.C16H19BN2O3/c24-20-11-16(18-15-5-6-21-19(15)22-12-17(18)26-20)13-1-3-14(4-2-13)23-7-9-25-10-8-23;20-8-1-2-12-3-5-13(6-4-12)15-10-19(23)24-16-11-22-18-14(17(15)16)7-9-21-18;1-2-3-6-26(23,24)11-12-7-13(8-12)15-9-19(22)25-16-10-21-18-14(17(15)16)4-5-20-18;19-7-5-11-1-3-12(4-2-11)14-9-18(22)23-15-10-21-17-13(16(14)15)6-8-20-17;1-21-11-4-2-10(3-5-11)13-8-17(20)22-14-9-19-16-12(15(13)14)6-7-18-16/h5-6,11-14,24H,1-4,7-10H2,(H,21,22);7,9-13,23H,1-6H2,(H,21,22);4-5,9-10,12-13,22H,2-3,6-8,11H2,1H3,(H,20,21);6,8-12,22H,1-5H2,(H,20,21);6-11,20H,2-5H2,1H3,(H,18,19). The molecule has 0 radical (unpaired) electrons. The number of morpholine rings is 1. The zero-order valence-electron chi connectivity index (χ0n) is 68.6. The summed E-state index contributed by atoms with van der Waals surface area (Å²) in [5, 5.41) is 73.2. The molecule has 10 N–H and O–H groups in total. The van der Waals surface area contributed by atoms with Gasteiger partial charge in [0.15, 0.2) is 9.84 Å². The van der Waals surface area contributed by atoms with E-state index in [9.17, 15) is 33.5 Å². The van der Waals surface area contributed by atoms with Crippen molar-refractivity contribution in [3.8, 4) is 40.9 Å². The lowest BCUT2D eigenvalue weighted by Gasteiger charge is -2.40. The molecule has 0 spiro atoms. The van der Waals surface area contributed by atoms with E-state index in [1.807, 2.05) is 86.1 Å². The highest BCUT2D eigenvalue weighted by molar-refractivity contribution is 7.91. The topological polar surface area (TPSA) is 394 Å². The number of nitriles is 2. The number of nitrogens with one attached hydrogen (secondary N) is 5. The van der Waals surface area contributed by atoms with Crippen molar-refractivity contribution in [2.75, 3.05) is 44.9 Å². The first-order valence-corrected chi connectivity index (χ1v) is 45.3. The average Bonchev–Trinajstić information content (AvgIpc) is 1.63. The fourth-order valence-corrected chi connectivity index (χ4v) is 22.5. The number of fused-ring (bicyclic) bond motifs is 15. The molecule has 0 amide bonds. The van der Waals surface area contributed by atoms with Crippen molar-refractivity contribution in [1.82, 2.24) is 54.7 Å². The lowest BCUT2D eigenvalue weighted by Crippen LogP contribution is -2.45. The summed E-state index contributed by atoms with van der Waals surface area (Å²) in [4.78, 5) is 40.1. The number of ether oxygens (including phenoxy) is 2. The van der Waals surface area contributed by atoms with Gasteiger partial charge in [-0.05, 0) is 264 Å². The number of sulfone groups is 1. The minimum Gasteiger partial charge on any atom is -0.531 e. The molecule has 626 valence electrons. The molecule has 5 saturated carbocycles. The fourth-order valence-electron chi connectivity index (χ4n) is 20.7. The number of unbranched alkanes of at least 4 members (excludes halogenated alkanes) is 1. The molecule has 0 aromatic carbocycles. The van der Waals surface area contributed by atoms with Crippen molar-refractivity contribution in [3.63, 3.8) is 0 Å². The Morgan fingerprint density at radius 1 is 0.455 bits per heavy atom. The van der Waals surface area contributed by atoms with Crippen LogP contribution in [0.25, 0.3) is 83.0 Å². The van der Waals surface area contributed by atoms with E-state index in [0.717, 1.165) is 237 Å². The van der Waals surface area contributed by atoms with Crippen LogP contribution in [0.4, 0.5) is 0 Å². The largest absolute Gasteiger partial charge is 0.552 e. The maximum atomic E-state index is 12.2. The van der Waals surface area contributed by atoms with Gasteiger partial charge in [0.2, 0.25) is 0 Å². The van der Waals surface area contributed by atoms with E-state index in [1.54, 1.807) is 44.1 Å². The van der Waals surface area contributed by atoms with E-state index < -0.39 is 45.4 Å². The molecule has 0 atom stereocenters. The third-order valence-electron chi connectivity index (χ3n) is 26.8. The van der Waals surface area contributed by atoms with Crippen LogP contribution in [-0.4, -0.2) is 181 Å². The highest BCUT2D eigenvalue weighted by Gasteiger charge is 2.42. The maximum Gasteiger partial charge on any atom is 0.552 e. The van der Waals surface area contributed by atoms with Crippen molar-refractivity contribution < 1.29 is 66.3 Å². The van der Waals surface area contributed by atoms with Gasteiger partial charge in [-0.1, -0.05) is 13.3 Å². The summed E-state index contributed by atoms with van der Waals surface area (Å²) in [5.41, 5.74) is 15.3. The second-order valence-corrected chi connectivity index (χ2v) is 36.4. The molecule has 121 heavy (non-hydrogen) atoms. The third-order valence-corrected chi connectivity index (χ3v) is 28.7. The molecule has 10 aromatic heterocycles. The minimum atomic E-state index is -2.96. The third kappa shape index (κ3) is 18.4. The molecule has 0 bridgehead atoms. The first kappa shape index (κ1) is 83.4. The summed E-state index contributed by atoms with van der Waals surface area (Å²) in [6, 6.07) is 15.3. The summed E-state index contributed by atoms with van der Waals surface area (Å²) in [7, 11) is -5.74. The quantitative estimate of drug-likeness (QED) is 0.0426. The van der Waals surface area contributed by atoms with Gasteiger partial charge in [0.05, 0.1) is 73.9 Å². The van der Waals surface area contributed by atoms with Crippen LogP contribution in [0.2, 0.25) is 0 Å². The van der Waals surface area contributed by atoms with E-state index in [2.05, 4.69) is 72.9 Å². The summed E-state index contributed by atoms with van der Waals surface area (Å²) >= 11 is 0. The maximum absolute atomic E-state index is 12.2. The highest BCUT2D eigenvalue weighted by atomic mass is 32.2. The Labute approximate surface area is 705 Å². The van der Waals surface area contributed by atoms with Gasteiger partial charge in [0, 0.05) is 125 Å². The number of rotatable bonds is 15. The average molecular weight is 1650 g/mol. The zero-order valence-corrected chi connectivity index (χ0v) is 69.4. The predicted molar refractivity (Wildman–Crippen MR) is 470 cm³/mol. The van der Waals surface area contributed by atoms with Gasteiger partial charge in [0.1, 0.15) is 57.0 Å². The number of aromatic amines is 5. The molecule has 6 aliphatic heterocycles. The minimum absolute atomic E-state index is 0.203. The number of pyridine rings is 5. The monoisotopic (exact) mass is 1650 g/mol. The molecular weight excluding hydrogens is 1550 g/mol. The molecule has 10 aromatic rings. The Balaban J connectivity index is 0.000000108. The summed E-state index contributed by atoms with van der Waals surface area (Å²) in [6.07, 6.45) is 41.6. The van der Waals surface area contributed by atoms with Crippen LogP contribution in [0.15, 0.2) is 122 Å². The number of aromatic nitrogens is 10. The number of allylic oxidation sites excluding steroid dienone is 5. The summed E-state index contributed by atoms with van der Waals surface area (Å²) in [5.74, 6) is 16.4. The molecule has 33 heteroatoms. The van der Waals surface area contributed by atoms with Crippen LogP contribution >= 0.6 is 0 Å². The molecule has 27 nitrogen and oxygen atoms in total. The first-order chi connectivity index (χ1) is 59.0. The molecular formula is C88H104B5N13O14S. The summed E-state index contributed by atoms with van der Waals surface area (Å²) in [6.45, 7) is 5.85. The Morgan fingerprint density at radius 2 is 0.785 bits per heavy atom. The second-order valence-electron chi connectivity index (χ2n) is 34.2. The number of nitrogens with zero attached hydrogens (tertiary/aromatic N) is 8. The van der Waals surface area contributed by atoms with Crippen molar-refractivity contribution in [1.29, 1.82) is 10.5 Å². The first-order valence-electron chi connectivity index (χ1n) is 43.5. The number of H-pyrrole nitrogens is 5. The van der Waals surface area contributed by atoms with Gasteiger partial charge in [-0.25, -0.2) is 33.3 Å². The molecule has 11 aliphatic rings. The predicted octanol–water partition coefficient (Wildman–Crippen LogP) is 14.0. The smallest absolute Gasteiger partial charge is 0.531 e. The molecule has 6 fully saturated rings. The van der Waals surface area contributed by atoms with Crippen LogP contribution in [-0.2, 0) is 19.3 Å². The van der Waals surface area contributed by atoms with E-state index in [-0.39, 0.29) is 17.6 Å². The van der Waals surface area contributed by atoms with Gasteiger partial charge in [-0.3, -0.25) is 4.90 Å². The lowest BCUT2D eigenvalue weighted by atomic mass is 9.66. The van der Waals surface area contributed by atoms with Crippen LogP contribution in [0.1, 0.15) is 182 Å². The van der Waals surface area contributed by atoms with E-state index in [1.165, 1.54) is 35.1 Å². The Bertz CT molecular complexity index is 5710. The van der Waals surface area contributed by atoms with E-state index in [0.29, 0.717) is 95.0 Å². The Morgan fingerprint density at radius 3 is 1.12 bits per heavy atom. The van der Waals surface area contributed by atoms with Gasteiger partial charge >= 0.3 is 35.6 Å². The number of hydrogen-bond acceptors (Lipinski definition) is 22. The van der Waals surface area contributed by atoms with Crippen LogP contribution in [0.3, 0.4) is 0 Å². The fraction of sp³-hybridized carbons (Fsp3) is 0.466. The van der Waals surface area contributed by atoms with Crippen molar-refractivity contribution in [3.05, 3.63) is 150 Å². The van der Waals surface area contributed by atoms with Crippen LogP contribution < -0.4 is 23.3 Å². The van der Waals surface area contributed by atoms with Crippen LogP contribution in [0, 0.1) is 70.0 Å². The molecule has 16 heterocycles. The molecule has 0 unspecified atom stereocenters. The van der Waals surface area contributed by atoms with E-state index in [4.69, 9.17) is 43.3 Å². The van der Waals surface area contributed by atoms with Crippen molar-refractivity contribution in [2.24, 2.45) is 47.3 Å². The van der Waals surface area contributed by atoms with Crippen molar-refractivity contribution in [2.45, 2.75) is 167 Å². The number of methoxy groups -OCH3 is 1. The second kappa shape index (κ2) is 37.4. The highest BCUT2D eigenvalue weighted by Crippen LogP contribution is 2.52. The Kier molecular flexibility index (Phi) is 25.8. The van der Waals surface area contributed by atoms with Crippen LogP contribution in [0.5, 0.6) is 28.7 Å². The lowest BCUT2D eigenvalue weighted by molar-refractivity contribution is 0.00671.